The summed E-state index contributed by atoms with van der Waals surface area (Å²) in [5.41, 5.74) is 44.7. The van der Waals surface area contributed by atoms with Crippen molar-refractivity contribution < 1.29 is 0 Å². The molecule has 302 valence electrons. The second-order valence-corrected chi connectivity index (χ2v) is 15.8. The molecule has 0 unspecified atom stereocenters. The molecule has 1 aliphatic rings. The van der Waals surface area contributed by atoms with Gasteiger partial charge in [-0.3, -0.25) is 0 Å². The fourth-order valence-electron chi connectivity index (χ4n) is 7.67. The van der Waals surface area contributed by atoms with Crippen molar-refractivity contribution in [2.24, 2.45) is 5.92 Å². The van der Waals surface area contributed by atoms with E-state index in [1.807, 2.05) is 109 Å². The molecule has 1 aliphatic carbocycles. The van der Waals surface area contributed by atoms with Crippen LogP contribution < -0.4 is 39.7 Å². The molecule has 0 spiro atoms. The van der Waals surface area contributed by atoms with Crippen LogP contribution in [0, 0.1) is 5.92 Å². The molecular weight excluding hydrogens is 723 g/mol. The van der Waals surface area contributed by atoms with Crippen molar-refractivity contribution in [3.8, 4) is 11.1 Å². The average Bonchev–Trinajstić information content (AvgIpc) is 3.26. The third-order valence-corrected chi connectivity index (χ3v) is 11.0. The predicted molar refractivity (Wildman–Crippen MR) is 259 cm³/mol. The van der Waals surface area contributed by atoms with E-state index in [9.17, 15) is 0 Å². The lowest BCUT2D eigenvalue weighted by Gasteiger charge is -2.26. The van der Waals surface area contributed by atoms with Gasteiger partial charge >= 0.3 is 0 Å². The quantitative estimate of drug-likeness (QED) is 0.0872. The molecule has 0 bridgehead atoms. The van der Waals surface area contributed by atoms with Gasteiger partial charge in [-0.25, -0.2) is 0 Å². The van der Waals surface area contributed by atoms with Crippen LogP contribution in [0.25, 0.3) is 43.4 Å². The van der Waals surface area contributed by atoms with Crippen molar-refractivity contribution >= 4 is 72.1 Å². The molecule has 0 saturated heterocycles. The lowest BCUT2D eigenvalue weighted by molar-refractivity contribution is 0.348. The minimum absolute atomic E-state index is 0.428. The maximum Gasteiger partial charge on any atom is 0.0423 e. The van der Waals surface area contributed by atoms with Crippen molar-refractivity contribution in [2.75, 3.05) is 39.7 Å². The van der Waals surface area contributed by atoms with E-state index >= 15 is 0 Å². The Kier molecular flexibility index (Phi) is 13.8. The Labute approximate surface area is 349 Å². The van der Waals surface area contributed by atoms with Crippen LogP contribution in [0.4, 0.5) is 39.8 Å². The first kappa shape index (κ1) is 41.8. The Hall–Kier alpha value is -6.86. The van der Waals surface area contributed by atoms with Crippen LogP contribution in [0.3, 0.4) is 0 Å². The van der Waals surface area contributed by atoms with Gasteiger partial charge in [0.25, 0.3) is 0 Å². The van der Waals surface area contributed by atoms with Gasteiger partial charge in [-0.15, -0.1) is 0 Å². The summed E-state index contributed by atoms with van der Waals surface area (Å²) in [5, 5.41) is 9.82. The van der Waals surface area contributed by atoms with E-state index in [0.29, 0.717) is 6.04 Å². The molecule has 0 radical (unpaired) electrons. The molecule has 0 aliphatic heterocycles. The first-order valence-electron chi connectivity index (χ1n) is 20.5. The molecule has 8 aromatic carbocycles. The number of fused-ring (bicyclic) bond motifs is 3. The normalized spacial score (nSPS) is 14.6. The largest absolute Gasteiger partial charge is 0.399 e. The van der Waals surface area contributed by atoms with Gasteiger partial charge < -0.3 is 39.7 Å². The monoisotopic (exact) mass is 781 g/mol. The summed E-state index contributed by atoms with van der Waals surface area (Å²) in [5.74, 6) is 1.69. The maximum absolute atomic E-state index is 5.93. The molecule has 8 aromatic rings. The molecule has 0 atom stereocenters. The number of nitrogen functional groups attached to an aromatic ring is 6. The Morgan fingerprint density at radius 1 is 0.407 bits per heavy atom. The van der Waals surface area contributed by atoms with E-state index in [1.54, 1.807) is 0 Å². The summed E-state index contributed by atoms with van der Waals surface area (Å²) in [6.45, 7) is 6.64. The van der Waals surface area contributed by atoms with E-state index in [-0.39, 0.29) is 0 Å². The van der Waals surface area contributed by atoms with E-state index < -0.39 is 0 Å². The highest BCUT2D eigenvalue weighted by atomic mass is 14.9. The number of anilines is 7. The van der Waals surface area contributed by atoms with Crippen molar-refractivity contribution in [1.82, 2.24) is 0 Å². The second-order valence-electron chi connectivity index (χ2n) is 15.8. The van der Waals surface area contributed by atoms with Crippen LogP contribution >= 0.6 is 0 Å². The second kappa shape index (κ2) is 19.5. The van der Waals surface area contributed by atoms with Crippen LogP contribution in [0.1, 0.15) is 57.9 Å². The summed E-state index contributed by atoms with van der Waals surface area (Å²) < 4.78 is 0. The Balaban J connectivity index is 0.000000135. The van der Waals surface area contributed by atoms with Crippen molar-refractivity contribution in [1.29, 1.82) is 0 Å². The number of rotatable bonds is 4. The summed E-state index contributed by atoms with van der Waals surface area (Å²) in [6, 6.07) is 52.9. The van der Waals surface area contributed by atoms with E-state index in [4.69, 9.17) is 34.4 Å². The molecule has 13 N–H and O–H groups in total. The van der Waals surface area contributed by atoms with Crippen molar-refractivity contribution in [3.05, 3.63) is 163 Å². The van der Waals surface area contributed by atoms with Crippen LogP contribution in [-0.4, -0.2) is 6.04 Å². The number of hydrogen-bond acceptors (Lipinski definition) is 7. The highest BCUT2D eigenvalue weighted by Crippen LogP contribution is 2.36. The summed E-state index contributed by atoms with van der Waals surface area (Å²) >= 11 is 0. The number of nitrogens with two attached hydrogens (primary N) is 6. The number of hydrogen-bond donors (Lipinski definition) is 7. The Morgan fingerprint density at radius 2 is 0.746 bits per heavy atom. The summed E-state index contributed by atoms with van der Waals surface area (Å²) in [7, 11) is 0. The molecule has 7 heteroatoms. The molecule has 7 nitrogen and oxygen atoms in total. The first-order chi connectivity index (χ1) is 28.5. The zero-order valence-electron chi connectivity index (χ0n) is 34.5. The summed E-state index contributed by atoms with van der Waals surface area (Å²) in [6.07, 6.45) is 5.46. The zero-order valence-corrected chi connectivity index (χ0v) is 34.5. The minimum Gasteiger partial charge on any atom is -0.399 e. The van der Waals surface area contributed by atoms with Gasteiger partial charge in [-0.1, -0.05) is 129 Å². The molecule has 0 heterocycles. The smallest absolute Gasteiger partial charge is 0.0423 e. The predicted octanol–water partition coefficient (Wildman–Crippen LogP) is 12.5. The third-order valence-electron chi connectivity index (χ3n) is 11.0. The fraction of sp³-hybridized carbons (Fsp3) is 0.192. The molecule has 59 heavy (non-hydrogen) atoms. The van der Waals surface area contributed by atoms with Crippen molar-refractivity contribution in [3.63, 3.8) is 0 Å². The number of benzene rings is 8. The first-order valence-corrected chi connectivity index (χ1v) is 20.5. The standard InChI is InChI=1S/C19H23N.C13H16N2.2C10H10N2/c1-14-2-4-15(5-3-14)16-6-8-17(9-7-16)18-10-12-19(20)13-11-18;1-9(2)15-13-8-7-12(14)10-5-3-4-6-11(10)13;2*11-9-5-6-10(12)8-4-2-1-3-7(8)9/h6-15H,2-5,20H2,1H3;3-9,15H,14H2,1-2H3;2*1-6H,11-12H2. The van der Waals surface area contributed by atoms with Gasteiger partial charge in [0, 0.05) is 78.2 Å². The van der Waals surface area contributed by atoms with E-state index in [1.165, 1.54) is 47.8 Å². The van der Waals surface area contributed by atoms with Gasteiger partial charge in [-0.05, 0) is 104 Å². The van der Waals surface area contributed by atoms with Crippen LogP contribution in [0.2, 0.25) is 0 Å². The van der Waals surface area contributed by atoms with E-state index in [2.05, 4.69) is 74.6 Å². The molecule has 0 aromatic heterocycles. The Bertz CT molecular complexity index is 2430. The highest BCUT2D eigenvalue weighted by Gasteiger charge is 2.19. The van der Waals surface area contributed by atoms with Crippen LogP contribution in [0.5, 0.6) is 0 Å². The lowest BCUT2D eigenvalue weighted by Crippen LogP contribution is -2.10. The van der Waals surface area contributed by atoms with E-state index in [0.717, 1.165) is 78.6 Å². The Morgan fingerprint density at radius 3 is 1.14 bits per heavy atom. The number of nitrogens with one attached hydrogen (secondary N) is 1. The average molecular weight is 782 g/mol. The maximum atomic E-state index is 5.93. The molecule has 1 fully saturated rings. The molecule has 0 amide bonds. The SMILES string of the molecule is CC(C)Nc1ccc(N)c2ccccc12.CC1CCC(c2ccc(-c3ccc(N)cc3)cc2)CC1.Nc1ccc(N)c2ccccc12.Nc1ccc(N)c2ccccc12. The molecular formula is C52H59N7. The fourth-order valence-corrected chi connectivity index (χ4v) is 7.67. The van der Waals surface area contributed by atoms with Crippen LogP contribution in [0.15, 0.2) is 158 Å². The van der Waals surface area contributed by atoms with Gasteiger partial charge in [0.05, 0.1) is 0 Å². The van der Waals surface area contributed by atoms with Crippen LogP contribution in [-0.2, 0) is 0 Å². The van der Waals surface area contributed by atoms with Gasteiger partial charge in [0.1, 0.15) is 0 Å². The van der Waals surface area contributed by atoms with Gasteiger partial charge in [0.15, 0.2) is 0 Å². The molecule has 9 rings (SSSR count). The van der Waals surface area contributed by atoms with Gasteiger partial charge in [-0.2, -0.15) is 0 Å². The topological polar surface area (TPSA) is 168 Å². The third kappa shape index (κ3) is 10.8. The zero-order chi connectivity index (χ0) is 41.9. The highest BCUT2D eigenvalue weighted by molar-refractivity contribution is 6.02. The van der Waals surface area contributed by atoms with Gasteiger partial charge in [0.2, 0.25) is 0 Å². The minimum atomic E-state index is 0.428. The molecule has 1 saturated carbocycles. The lowest BCUT2D eigenvalue weighted by atomic mass is 9.79. The summed E-state index contributed by atoms with van der Waals surface area (Å²) in [4.78, 5) is 0. The van der Waals surface area contributed by atoms with Crippen molar-refractivity contribution in [2.45, 2.75) is 58.4 Å².